The smallest absolute Gasteiger partial charge is 0.206 e. The molecule has 0 spiro atoms. The predicted molar refractivity (Wildman–Crippen MR) is 122 cm³/mol. The standard InChI is InChI=1S/C22H21FN4O2S2/c1-21(2)20(24)27-22(3,12-31(21,28)29)16-8-13(5-6-17(16)23)7-14-11-30-18-9-15(25-4)10-26-19(14)18/h5-6,8-11H,7,12H2,1-3H3,(H2,24,27)/t22-/m0/s1. The number of aliphatic imine (C=N–C) groups is 1. The summed E-state index contributed by atoms with van der Waals surface area (Å²) in [6.45, 7) is 11.8. The van der Waals surface area contributed by atoms with Crippen LogP contribution in [0.2, 0.25) is 0 Å². The Morgan fingerprint density at radius 2 is 2.03 bits per heavy atom. The molecule has 1 aliphatic rings. The van der Waals surface area contributed by atoms with Crippen LogP contribution in [0, 0.1) is 12.4 Å². The minimum atomic E-state index is -3.64. The molecule has 0 saturated carbocycles. The van der Waals surface area contributed by atoms with Gasteiger partial charge in [-0.2, -0.15) is 0 Å². The van der Waals surface area contributed by atoms with Crippen LogP contribution in [0.25, 0.3) is 15.1 Å². The molecule has 0 radical (unpaired) electrons. The summed E-state index contributed by atoms with van der Waals surface area (Å²) in [6, 6.07) is 6.48. The van der Waals surface area contributed by atoms with Crippen molar-refractivity contribution in [3.63, 3.8) is 0 Å². The van der Waals surface area contributed by atoms with Gasteiger partial charge in [0.2, 0.25) is 5.69 Å². The first-order valence-electron chi connectivity index (χ1n) is 9.57. The summed E-state index contributed by atoms with van der Waals surface area (Å²) in [5, 5.41) is 1.97. The summed E-state index contributed by atoms with van der Waals surface area (Å²) in [7, 11) is -3.64. The number of hydrogen-bond donors (Lipinski definition) is 1. The van der Waals surface area contributed by atoms with Gasteiger partial charge in [-0.1, -0.05) is 12.1 Å². The molecule has 2 aromatic heterocycles. The highest BCUT2D eigenvalue weighted by Crippen LogP contribution is 2.38. The minimum Gasteiger partial charge on any atom is -0.386 e. The maximum absolute atomic E-state index is 14.8. The number of benzene rings is 1. The van der Waals surface area contributed by atoms with Crippen molar-refractivity contribution in [1.82, 2.24) is 4.98 Å². The van der Waals surface area contributed by atoms with Gasteiger partial charge in [-0.25, -0.2) is 17.7 Å². The summed E-state index contributed by atoms with van der Waals surface area (Å²) < 4.78 is 40.2. The number of fused-ring (bicyclic) bond motifs is 1. The van der Waals surface area contributed by atoms with E-state index >= 15 is 0 Å². The lowest BCUT2D eigenvalue weighted by Crippen LogP contribution is -2.55. The molecule has 1 aromatic carbocycles. The van der Waals surface area contributed by atoms with Crippen LogP contribution < -0.4 is 5.73 Å². The van der Waals surface area contributed by atoms with Crippen molar-refractivity contribution >= 4 is 42.9 Å². The molecule has 0 unspecified atom stereocenters. The molecule has 0 bridgehead atoms. The lowest BCUT2D eigenvalue weighted by atomic mass is 9.90. The van der Waals surface area contributed by atoms with E-state index in [2.05, 4.69) is 14.8 Å². The third kappa shape index (κ3) is 3.50. The van der Waals surface area contributed by atoms with E-state index in [0.717, 1.165) is 21.3 Å². The molecule has 1 atom stereocenters. The van der Waals surface area contributed by atoms with Crippen molar-refractivity contribution in [3.05, 3.63) is 69.8 Å². The van der Waals surface area contributed by atoms with Crippen molar-refractivity contribution in [2.45, 2.75) is 37.5 Å². The second-order valence-corrected chi connectivity index (χ2v) is 11.9. The fourth-order valence-corrected chi connectivity index (χ4v) is 6.37. The topological polar surface area (TPSA) is 89.8 Å². The van der Waals surface area contributed by atoms with Crippen molar-refractivity contribution in [3.8, 4) is 0 Å². The number of rotatable bonds is 3. The maximum atomic E-state index is 14.8. The zero-order valence-electron chi connectivity index (χ0n) is 17.3. The van der Waals surface area contributed by atoms with Crippen LogP contribution >= 0.6 is 11.3 Å². The zero-order chi connectivity index (χ0) is 22.6. The normalized spacial score (nSPS) is 22.1. The van der Waals surface area contributed by atoms with E-state index in [9.17, 15) is 12.8 Å². The molecule has 0 fully saturated rings. The molecule has 3 heterocycles. The molecule has 9 heteroatoms. The van der Waals surface area contributed by atoms with Gasteiger partial charge in [0.15, 0.2) is 9.84 Å². The average Bonchev–Trinajstić information content (AvgIpc) is 3.09. The van der Waals surface area contributed by atoms with Crippen LogP contribution in [0.1, 0.15) is 37.5 Å². The average molecular weight is 457 g/mol. The number of pyridine rings is 1. The Labute approximate surface area is 184 Å². The van der Waals surface area contributed by atoms with Gasteiger partial charge in [-0.3, -0.25) is 9.98 Å². The molecular weight excluding hydrogens is 435 g/mol. The number of aromatic nitrogens is 1. The molecule has 2 N–H and O–H groups in total. The van der Waals surface area contributed by atoms with Crippen LogP contribution in [0.3, 0.4) is 0 Å². The molecule has 4 rings (SSSR count). The molecule has 6 nitrogen and oxygen atoms in total. The lowest BCUT2D eigenvalue weighted by Gasteiger charge is -2.38. The summed E-state index contributed by atoms with van der Waals surface area (Å²) in [4.78, 5) is 12.2. The molecule has 0 aliphatic carbocycles. The van der Waals surface area contributed by atoms with Crippen LogP contribution in [0.5, 0.6) is 0 Å². The van der Waals surface area contributed by atoms with Crippen LogP contribution in [-0.4, -0.2) is 29.7 Å². The molecule has 160 valence electrons. The first-order chi connectivity index (χ1) is 14.5. The fraction of sp³-hybridized carbons (Fsp3) is 0.318. The second kappa shape index (κ2) is 7.11. The Kier molecular flexibility index (Phi) is 4.91. The third-order valence-corrected chi connectivity index (χ3v) is 9.51. The van der Waals surface area contributed by atoms with Gasteiger partial charge in [0, 0.05) is 22.9 Å². The Bertz CT molecular complexity index is 1390. The van der Waals surface area contributed by atoms with Crippen molar-refractivity contribution < 1.29 is 12.8 Å². The highest BCUT2D eigenvalue weighted by atomic mass is 32.2. The fourth-order valence-electron chi connectivity index (χ4n) is 3.74. The first kappa shape index (κ1) is 21.4. The molecule has 1 aliphatic heterocycles. The zero-order valence-corrected chi connectivity index (χ0v) is 18.9. The van der Waals surface area contributed by atoms with Crippen LogP contribution in [0.4, 0.5) is 10.1 Å². The Balaban J connectivity index is 1.75. The number of hydrogen-bond acceptors (Lipinski definition) is 6. The number of halogens is 1. The Hall–Kier alpha value is -2.83. The minimum absolute atomic E-state index is 0.0188. The quantitative estimate of drug-likeness (QED) is 0.593. The SMILES string of the molecule is [C-]#[N+]c1cnc2c(Cc3ccc(F)c([C@]4(C)CS(=O)(=O)C(C)(C)C(N)=N4)c3)csc2c1. The van der Waals surface area contributed by atoms with Crippen molar-refractivity contribution in [2.24, 2.45) is 10.7 Å². The molecule has 31 heavy (non-hydrogen) atoms. The van der Waals surface area contributed by atoms with E-state index in [1.165, 1.54) is 37.4 Å². The van der Waals surface area contributed by atoms with E-state index in [1.54, 1.807) is 25.1 Å². The number of nitrogens with two attached hydrogens (primary N) is 1. The van der Waals surface area contributed by atoms with Gasteiger partial charge in [-0.05, 0) is 49.4 Å². The van der Waals surface area contributed by atoms with Gasteiger partial charge in [-0.15, -0.1) is 11.3 Å². The lowest BCUT2D eigenvalue weighted by molar-refractivity contribution is 0.475. The molecular formula is C22H21FN4O2S2. The van der Waals surface area contributed by atoms with Crippen molar-refractivity contribution in [2.75, 3.05) is 5.75 Å². The number of thiophene rings is 1. The maximum Gasteiger partial charge on any atom is 0.206 e. The van der Waals surface area contributed by atoms with Gasteiger partial charge in [0.1, 0.15) is 21.9 Å². The van der Waals surface area contributed by atoms with Crippen LogP contribution in [-0.2, 0) is 21.8 Å². The van der Waals surface area contributed by atoms with E-state index in [0.29, 0.717) is 12.1 Å². The number of nitrogens with zero attached hydrogens (tertiary/aromatic N) is 3. The predicted octanol–water partition coefficient (Wildman–Crippen LogP) is 4.36. The second-order valence-electron chi connectivity index (χ2n) is 8.44. The van der Waals surface area contributed by atoms with Crippen molar-refractivity contribution in [1.29, 1.82) is 0 Å². The monoisotopic (exact) mass is 456 g/mol. The summed E-state index contributed by atoms with van der Waals surface area (Å²) >= 11 is 1.50. The number of amidine groups is 1. The number of sulfone groups is 1. The molecule has 3 aromatic rings. The van der Waals surface area contributed by atoms with E-state index < -0.39 is 25.9 Å². The van der Waals surface area contributed by atoms with Gasteiger partial charge < -0.3 is 5.73 Å². The third-order valence-electron chi connectivity index (χ3n) is 5.84. The van der Waals surface area contributed by atoms with E-state index in [-0.39, 0.29) is 17.2 Å². The first-order valence-corrected chi connectivity index (χ1v) is 12.1. The van der Waals surface area contributed by atoms with Gasteiger partial charge in [0.25, 0.3) is 0 Å². The molecule has 0 amide bonds. The highest BCUT2D eigenvalue weighted by Gasteiger charge is 2.49. The molecule has 0 saturated heterocycles. The van der Waals surface area contributed by atoms with E-state index in [1.807, 2.05) is 5.38 Å². The summed E-state index contributed by atoms with van der Waals surface area (Å²) in [5.74, 6) is -0.862. The summed E-state index contributed by atoms with van der Waals surface area (Å²) in [5.41, 5.74) is 7.95. The Morgan fingerprint density at radius 3 is 2.71 bits per heavy atom. The highest BCUT2D eigenvalue weighted by molar-refractivity contribution is 7.93. The Morgan fingerprint density at radius 1 is 1.29 bits per heavy atom. The van der Waals surface area contributed by atoms with E-state index in [4.69, 9.17) is 12.3 Å². The van der Waals surface area contributed by atoms with Crippen LogP contribution in [0.15, 0.2) is 40.8 Å². The summed E-state index contributed by atoms with van der Waals surface area (Å²) in [6.07, 6.45) is 2.03. The van der Waals surface area contributed by atoms with Gasteiger partial charge in [0.05, 0.1) is 17.8 Å². The largest absolute Gasteiger partial charge is 0.386 e. The van der Waals surface area contributed by atoms with Gasteiger partial charge >= 0.3 is 0 Å².